The van der Waals surface area contributed by atoms with E-state index >= 15 is 0 Å². The Kier molecular flexibility index (Phi) is 11.2. The third kappa shape index (κ3) is 7.72. The van der Waals surface area contributed by atoms with E-state index < -0.39 is 8.32 Å². The molecule has 0 amide bonds. The lowest BCUT2D eigenvalue weighted by Crippen LogP contribution is -2.67. The van der Waals surface area contributed by atoms with E-state index in [0.29, 0.717) is 0 Å². The number of aryl methyl sites for hydroxylation is 1. The number of rotatable bonds is 13. The molecular weight excluding hydrogens is 655 g/mol. The number of fused-ring (bicyclic) bond motifs is 1. The quantitative estimate of drug-likeness (QED) is 0.114. The smallest absolute Gasteiger partial charge is 0.172 e. The molecule has 1 saturated carbocycles. The van der Waals surface area contributed by atoms with Crippen LogP contribution in [0.15, 0.2) is 108 Å². The molecule has 4 aromatic carbocycles. The van der Waals surface area contributed by atoms with E-state index in [4.69, 9.17) is 8.95 Å². The van der Waals surface area contributed by atoms with Gasteiger partial charge in [0.15, 0.2) is 5.58 Å². The highest BCUT2D eigenvalue weighted by Crippen LogP contribution is 2.44. The Balaban J connectivity index is 1.01. The molecule has 2 heterocycles. The van der Waals surface area contributed by atoms with Crippen LogP contribution >= 0.6 is 0 Å². The molecule has 6 heteroatoms. The van der Waals surface area contributed by atoms with Gasteiger partial charge >= 0.3 is 0 Å². The average molecular weight is 714 g/mol. The summed E-state index contributed by atoms with van der Waals surface area (Å²) in [5.74, 6) is 0.723. The highest BCUT2D eigenvalue weighted by molar-refractivity contribution is 6.99. The molecule has 0 unspecified atom stereocenters. The van der Waals surface area contributed by atoms with Gasteiger partial charge in [0.1, 0.15) is 0 Å². The second kappa shape index (κ2) is 15.8. The molecule has 1 aromatic heterocycles. The summed E-state index contributed by atoms with van der Waals surface area (Å²) in [6, 6.07) is 37.5. The Hall–Kier alpha value is -3.55. The number of nitrogens with zero attached hydrogens (tertiary/aromatic N) is 3. The molecule has 2 fully saturated rings. The molecule has 0 radical (unpaired) electrons. The molecule has 0 N–H and O–H groups in total. The minimum Gasteiger partial charge on any atom is -0.558 e. The summed E-state index contributed by atoms with van der Waals surface area (Å²) in [5.41, 5.74) is 5.96. The predicted molar refractivity (Wildman–Crippen MR) is 219 cm³/mol. The van der Waals surface area contributed by atoms with Gasteiger partial charge in [0, 0.05) is 36.1 Å². The second-order valence-corrected chi connectivity index (χ2v) is 21.4. The zero-order valence-electron chi connectivity index (χ0n) is 32.2. The van der Waals surface area contributed by atoms with Crippen LogP contribution in [-0.2, 0) is 17.4 Å². The lowest BCUT2D eigenvalue weighted by molar-refractivity contribution is 0.0657. The van der Waals surface area contributed by atoms with Crippen LogP contribution in [0.5, 0.6) is 0 Å². The van der Waals surface area contributed by atoms with Crippen molar-refractivity contribution in [1.82, 2.24) is 15.0 Å². The van der Waals surface area contributed by atoms with E-state index in [0.717, 1.165) is 43.3 Å². The number of benzene rings is 4. The van der Waals surface area contributed by atoms with Gasteiger partial charge in [-0.1, -0.05) is 136 Å². The van der Waals surface area contributed by atoms with Gasteiger partial charge in [0.25, 0.3) is 0 Å². The zero-order valence-corrected chi connectivity index (χ0v) is 33.2. The number of piperidine rings is 1. The topological polar surface area (TPSA) is 41.7 Å². The van der Waals surface area contributed by atoms with Crippen molar-refractivity contribution in [2.75, 3.05) is 40.3 Å². The highest BCUT2D eigenvalue weighted by atomic mass is 28.4. The molecule has 52 heavy (non-hydrogen) atoms. The van der Waals surface area contributed by atoms with Crippen LogP contribution in [0.1, 0.15) is 77.0 Å². The third-order valence-corrected chi connectivity index (χ3v) is 17.1. The number of hydrogen-bond acceptors (Lipinski definition) is 5. The lowest BCUT2D eigenvalue weighted by atomic mass is 9.84. The maximum atomic E-state index is 7.59. The zero-order chi connectivity index (χ0) is 36.2. The molecule has 2 aliphatic rings. The van der Waals surface area contributed by atoms with E-state index in [9.17, 15) is 0 Å². The molecule has 7 rings (SSSR count). The summed E-state index contributed by atoms with van der Waals surface area (Å²) < 4.78 is 13.7. The Morgan fingerprint density at radius 3 is 2.00 bits per heavy atom. The number of hydrogen-bond donors (Lipinski definition) is 0. The lowest BCUT2D eigenvalue weighted by Gasteiger charge is -2.57. The molecule has 1 aliphatic heterocycles. The fourth-order valence-corrected chi connectivity index (χ4v) is 14.1. The fourth-order valence-electron chi connectivity index (χ4n) is 9.40. The van der Waals surface area contributed by atoms with E-state index in [1.54, 1.807) is 0 Å². The molecular formula is C46H59N3O2Si-. The van der Waals surface area contributed by atoms with Crippen LogP contribution < -0.4 is 10.4 Å². The summed E-state index contributed by atoms with van der Waals surface area (Å²) in [4.78, 5) is 5.00. The van der Waals surface area contributed by atoms with Crippen LogP contribution in [0.2, 0.25) is 5.04 Å². The van der Waals surface area contributed by atoms with Crippen molar-refractivity contribution in [2.45, 2.75) is 83.7 Å². The standard InChI is InChI=1S/C46H59N3O2Si/c1-45(2,3)52(38-19-11-7-12-20-38,39-21-13-8-14-22-39)50-35-46(29-15-16-30-46)34-49-31-27-36(28-32-49)23-26-43-41-25-24-40(37-17-9-6-10-18-37)42(33-48(4)5)44(41)51-47-43/h6-14,17-22,24-25,36H,15-16,23,26-35H2,1-5H3/q-1. The first-order valence-corrected chi connectivity index (χ1v) is 21.7. The van der Waals surface area contributed by atoms with Gasteiger partial charge in [0.05, 0.1) is 14.0 Å². The van der Waals surface area contributed by atoms with Gasteiger partial charge in [0.2, 0.25) is 0 Å². The highest BCUT2D eigenvalue weighted by Gasteiger charge is 2.42. The number of aromatic nitrogens is 1. The third-order valence-electron chi connectivity index (χ3n) is 12.1. The second-order valence-electron chi connectivity index (χ2n) is 17.1. The van der Waals surface area contributed by atoms with Crippen LogP contribution in [0, 0.1) is 11.3 Å². The monoisotopic (exact) mass is 713 g/mol. The van der Waals surface area contributed by atoms with Crippen LogP contribution in [-0.4, -0.2) is 63.6 Å². The van der Waals surface area contributed by atoms with Crippen molar-refractivity contribution in [3.05, 3.63) is 114 Å². The van der Waals surface area contributed by atoms with Crippen LogP contribution in [0.3, 0.4) is 0 Å². The summed E-state index contributed by atoms with van der Waals surface area (Å²) in [6.45, 7) is 12.4. The summed E-state index contributed by atoms with van der Waals surface area (Å²) >= 11 is 0. The molecule has 5 aromatic rings. The van der Waals surface area contributed by atoms with Gasteiger partial charge in [-0.15, -0.1) is 5.04 Å². The van der Waals surface area contributed by atoms with Crippen molar-refractivity contribution >= 4 is 29.7 Å². The van der Waals surface area contributed by atoms with Gasteiger partial charge < -0.3 is 18.7 Å². The van der Waals surface area contributed by atoms with E-state index in [1.807, 2.05) is 0 Å². The van der Waals surface area contributed by atoms with E-state index in [-0.39, 0.29) is 10.5 Å². The Morgan fingerprint density at radius 1 is 0.827 bits per heavy atom. The first kappa shape index (κ1) is 36.8. The summed E-state index contributed by atoms with van der Waals surface area (Å²) in [7, 11) is 1.68. The van der Waals surface area contributed by atoms with Crippen LogP contribution in [0.25, 0.3) is 22.1 Å². The average Bonchev–Trinajstić information content (AvgIpc) is 3.80. The summed E-state index contributed by atoms with van der Waals surface area (Å²) in [6.07, 6.45) is 9.82. The van der Waals surface area contributed by atoms with Crippen molar-refractivity contribution in [3.63, 3.8) is 0 Å². The first-order valence-electron chi connectivity index (χ1n) is 19.8. The normalized spacial score (nSPS) is 17.3. The van der Waals surface area contributed by atoms with E-state index in [2.05, 4.69) is 153 Å². The molecule has 5 nitrogen and oxygen atoms in total. The fraction of sp³-hybridized carbons (Fsp3) is 0.457. The summed E-state index contributed by atoms with van der Waals surface area (Å²) in [5, 5.41) is 8.61. The molecule has 0 spiro atoms. The minimum atomic E-state index is -2.56. The van der Waals surface area contributed by atoms with Crippen LogP contribution in [0.4, 0.5) is 0 Å². The molecule has 1 saturated heterocycles. The van der Waals surface area contributed by atoms with Crippen molar-refractivity contribution < 1.29 is 8.95 Å². The molecule has 275 valence electrons. The Bertz CT molecular complexity index is 1830. The van der Waals surface area contributed by atoms with Crippen molar-refractivity contribution in [3.8, 4) is 11.1 Å². The van der Waals surface area contributed by atoms with Gasteiger partial charge in [-0.25, -0.2) is 0 Å². The van der Waals surface area contributed by atoms with Crippen molar-refractivity contribution in [2.24, 2.45) is 11.3 Å². The largest absolute Gasteiger partial charge is 0.558 e. The number of likely N-dealkylation sites (tertiary alicyclic amines) is 1. The molecule has 1 aliphatic carbocycles. The van der Waals surface area contributed by atoms with Gasteiger partial charge in [-0.05, 0) is 88.8 Å². The Morgan fingerprint density at radius 2 is 1.42 bits per heavy atom. The first-order chi connectivity index (χ1) is 25.2. The predicted octanol–water partition coefficient (Wildman–Crippen LogP) is 9.34. The van der Waals surface area contributed by atoms with E-state index in [1.165, 1.54) is 90.5 Å². The SMILES string of the molecule is CN(C)Cc1c(-c2ccccc2)ccc2c(CCC3CCN(CC4(CO[Si-](c5ccccc5)(c5ccccc5)C(C)(C)C)CCCC4)CC3)noc12. The Labute approximate surface area is 313 Å². The van der Waals surface area contributed by atoms with Crippen molar-refractivity contribution in [1.29, 1.82) is 0 Å². The maximum Gasteiger partial charge on any atom is 0.172 e. The molecule has 0 atom stereocenters. The minimum absolute atomic E-state index is 0.00111. The van der Waals surface area contributed by atoms with Gasteiger partial charge in [-0.3, -0.25) is 0 Å². The maximum absolute atomic E-state index is 7.59. The molecule has 0 bridgehead atoms. The van der Waals surface area contributed by atoms with Gasteiger partial charge in [-0.2, -0.15) is 10.4 Å².